The Labute approximate surface area is 123 Å². The van der Waals surface area contributed by atoms with Crippen LogP contribution in [-0.2, 0) is 11.2 Å². The van der Waals surface area contributed by atoms with Gasteiger partial charge in [0.25, 0.3) is 0 Å². The maximum Gasteiger partial charge on any atom is 0.232 e. The van der Waals surface area contributed by atoms with Crippen molar-refractivity contribution in [3.05, 3.63) is 40.5 Å². The quantitative estimate of drug-likeness (QED) is 0.909. The van der Waals surface area contributed by atoms with Gasteiger partial charge in [0.15, 0.2) is 5.82 Å². The molecule has 0 unspecified atom stereocenters. The van der Waals surface area contributed by atoms with E-state index in [2.05, 4.69) is 33.5 Å². The second-order valence-electron chi connectivity index (χ2n) is 6.20. The molecule has 108 valence electrons. The van der Waals surface area contributed by atoms with Crippen molar-refractivity contribution in [2.75, 3.05) is 5.32 Å². The first kappa shape index (κ1) is 12.6. The van der Waals surface area contributed by atoms with Crippen LogP contribution in [0.2, 0.25) is 0 Å². The molecule has 2 heterocycles. The number of carbonyl (C=O) groups excluding carboxylic acids is 1. The summed E-state index contributed by atoms with van der Waals surface area (Å²) in [7, 11) is 0. The van der Waals surface area contributed by atoms with Gasteiger partial charge in [-0.1, -0.05) is 6.07 Å². The Morgan fingerprint density at radius 3 is 2.86 bits per heavy atom. The van der Waals surface area contributed by atoms with Gasteiger partial charge in [-0.3, -0.25) is 9.89 Å². The van der Waals surface area contributed by atoms with Crippen molar-refractivity contribution in [2.45, 2.75) is 44.9 Å². The maximum atomic E-state index is 12.3. The number of aromatic amines is 1. The summed E-state index contributed by atoms with van der Waals surface area (Å²) < 4.78 is 0. The molecule has 2 aromatic rings. The van der Waals surface area contributed by atoms with Gasteiger partial charge < -0.3 is 5.32 Å². The van der Waals surface area contributed by atoms with Crippen molar-refractivity contribution in [3.63, 3.8) is 0 Å². The van der Waals surface area contributed by atoms with E-state index in [9.17, 15) is 4.79 Å². The van der Waals surface area contributed by atoms with Crippen LogP contribution in [0.3, 0.4) is 0 Å². The Morgan fingerprint density at radius 2 is 2.10 bits per heavy atom. The zero-order valence-electron chi connectivity index (χ0n) is 12.2. The number of H-pyrrole nitrogens is 1. The van der Waals surface area contributed by atoms with Gasteiger partial charge in [0.05, 0.1) is 5.92 Å². The highest BCUT2D eigenvalue weighted by atomic mass is 16.2. The lowest BCUT2D eigenvalue weighted by atomic mass is 9.92. The van der Waals surface area contributed by atoms with Crippen LogP contribution in [0.5, 0.6) is 0 Å². The summed E-state index contributed by atoms with van der Waals surface area (Å²) in [6.45, 7) is 4.11. The summed E-state index contributed by atoms with van der Waals surface area (Å²) in [6.07, 6.45) is 2.95. The number of carbonyl (C=O) groups is 1. The van der Waals surface area contributed by atoms with Crippen molar-refractivity contribution in [2.24, 2.45) is 0 Å². The lowest BCUT2D eigenvalue weighted by molar-refractivity contribution is -0.117. The van der Waals surface area contributed by atoms with Gasteiger partial charge in [0.2, 0.25) is 5.91 Å². The average Bonchev–Trinajstić information content (AvgIpc) is 3.09. The number of amides is 1. The van der Waals surface area contributed by atoms with Gasteiger partial charge >= 0.3 is 0 Å². The van der Waals surface area contributed by atoms with E-state index in [1.807, 2.05) is 13.0 Å². The van der Waals surface area contributed by atoms with Crippen LogP contribution >= 0.6 is 0 Å². The van der Waals surface area contributed by atoms with Crippen molar-refractivity contribution in [3.8, 4) is 0 Å². The van der Waals surface area contributed by atoms with Gasteiger partial charge in [-0.2, -0.15) is 5.10 Å². The molecule has 5 nitrogen and oxygen atoms in total. The van der Waals surface area contributed by atoms with E-state index >= 15 is 0 Å². The van der Waals surface area contributed by atoms with Crippen LogP contribution in [0, 0.1) is 13.8 Å². The summed E-state index contributed by atoms with van der Waals surface area (Å²) in [5.41, 5.74) is 4.39. The first-order chi connectivity index (χ1) is 10.1. The molecule has 0 spiro atoms. The second-order valence-corrected chi connectivity index (χ2v) is 6.20. The highest BCUT2D eigenvalue weighted by molar-refractivity contribution is 6.03. The molecule has 0 saturated heterocycles. The highest BCUT2D eigenvalue weighted by Crippen LogP contribution is 2.39. The number of rotatable bonds is 3. The van der Waals surface area contributed by atoms with Gasteiger partial charge in [-0.25, -0.2) is 4.98 Å². The van der Waals surface area contributed by atoms with Gasteiger partial charge in [0, 0.05) is 18.0 Å². The summed E-state index contributed by atoms with van der Waals surface area (Å²) in [4.78, 5) is 16.8. The number of fused-ring (bicyclic) bond motifs is 1. The fourth-order valence-electron chi connectivity index (χ4n) is 3.21. The fourth-order valence-corrected chi connectivity index (χ4v) is 3.21. The number of aryl methyl sites for hydroxylation is 2. The number of anilines is 1. The van der Waals surface area contributed by atoms with E-state index in [4.69, 9.17) is 0 Å². The lowest BCUT2D eigenvalue weighted by Gasteiger charge is -2.10. The van der Waals surface area contributed by atoms with Gasteiger partial charge in [0.1, 0.15) is 5.82 Å². The van der Waals surface area contributed by atoms with Crippen molar-refractivity contribution in [1.82, 2.24) is 15.2 Å². The number of benzene rings is 1. The van der Waals surface area contributed by atoms with E-state index in [1.54, 1.807) is 0 Å². The average molecular weight is 282 g/mol. The molecule has 2 N–H and O–H groups in total. The third-order valence-electron chi connectivity index (χ3n) is 4.34. The molecule has 5 heteroatoms. The van der Waals surface area contributed by atoms with E-state index in [1.165, 1.54) is 18.4 Å². The van der Waals surface area contributed by atoms with Crippen LogP contribution in [-0.4, -0.2) is 21.1 Å². The molecule has 1 aromatic carbocycles. The third-order valence-corrected chi connectivity index (χ3v) is 4.34. The second kappa shape index (κ2) is 4.41. The number of aromatic nitrogens is 3. The standard InChI is InChI=1S/C16H18N4O/c1-8-5-9(2)14-11(16(21)17-12(14)6-8)7-13-18-15(20-19-13)10-3-4-10/h5-6,10-11H,3-4,7H2,1-2H3,(H,17,21)(H,18,19,20)/t11-/m0/s1. The van der Waals surface area contributed by atoms with Crippen molar-refractivity contribution < 1.29 is 4.79 Å². The fraction of sp³-hybridized carbons (Fsp3) is 0.438. The first-order valence-electron chi connectivity index (χ1n) is 7.45. The van der Waals surface area contributed by atoms with E-state index in [0.717, 1.165) is 28.5 Å². The SMILES string of the molecule is Cc1cc(C)c2c(c1)NC(=O)[C@H]2Cc1nc(C2CC2)n[nH]1. The number of hydrogen-bond donors (Lipinski definition) is 2. The Hall–Kier alpha value is -2.17. The first-order valence-corrected chi connectivity index (χ1v) is 7.45. The van der Waals surface area contributed by atoms with Crippen LogP contribution in [0.25, 0.3) is 0 Å². The molecule has 1 aliphatic heterocycles. The van der Waals surface area contributed by atoms with Crippen LogP contribution in [0.15, 0.2) is 12.1 Å². The van der Waals surface area contributed by atoms with Crippen LogP contribution in [0.4, 0.5) is 5.69 Å². The molecule has 1 amide bonds. The Morgan fingerprint density at radius 1 is 1.29 bits per heavy atom. The normalized spacial score (nSPS) is 20.5. The van der Waals surface area contributed by atoms with Crippen molar-refractivity contribution >= 4 is 11.6 Å². The number of hydrogen-bond acceptors (Lipinski definition) is 3. The molecule has 1 fully saturated rings. The lowest BCUT2D eigenvalue weighted by Crippen LogP contribution is -2.15. The molecule has 1 saturated carbocycles. The van der Waals surface area contributed by atoms with Crippen molar-refractivity contribution in [1.29, 1.82) is 0 Å². The Kier molecular flexibility index (Phi) is 2.64. The molecule has 4 rings (SSSR count). The molecule has 1 atom stereocenters. The molecular weight excluding hydrogens is 264 g/mol. The molecule has 21 heavy (non-hydrogen) atoms. The minimum atomic E-state index is -0.166. The monoisotopic (exact) mass is 282 g/mol. The highest BCUT2D eigenvalue weighted by Gasteiger charge is 2.34. The predicted octanol–water partition coefficient (Wildman–Crippen LogP) is 2.58. The molecule has 0 radical (unpaired) electrons. The number of nitrogens with one attached hydrogen (secondary N) is 2. The van der Waals surface area contributed by atoms with Gasteiger partial charge in [-0.15, -0.1) is 0 Å². The molecule has 0 bridgehead atoms. The van der Waals surface area contributed by atoms with E-state index in [0.29, 0.717) is 12.3 Å². The zero-order chi connectivity index (χ0) is 14.6. The minimum absolute atomic E-state index is 0.0584. The topological polar surface area (TPSA) is 70.7 Å². The summed E-state index contributed by atoms with van der Waals surface area (Å²) in [5, 5.41) is 10.3. The van der Waals surface area contributed by atoms with Crippen LogP contribution in [0.1, 0.15) is 53.0 Å². The summed E-state index contributed by atoms with van der Waals surface area (Å²) >= 11 is 0. The molecule has 2 aliphatic rings. The largest absolute Gasteiger partial charge is 0.325 e. The Bertz CT molecular complexity index is 730. The predicted molar refractivity (Wildman–Crippen MR) is 79.3 cm³/mol. The van der Waals surface area contributed by atoms with E-state index < -0.39 is 0 Å². The zero-order valence-corrected chi connectivity index (χ0v) is 12.2. The smallest absolute Gasteiger partial charge is 0.232 e. The van der Waals surface area contributed by atoms with Crippen LogP contribution < -0.4 is 5.32 Å². The third kappa shape index (κ3) is 2.13. The minimum Gasteiger partial charge on any atom is -0.325 e. The summed E-state index contributed by atoms with van der Waals surface area (Å²) in [6, 6.07) is 4.17. The molecule has 1 aromatic heterocycles. The maximum absolute atomic E-state index is 12.3. The van der Waals surface area contributed by atoms with E-state index in [-0.39, 0.29) is 11.8 Å². The molecule has 1 aliphatic carbocycles. The molecular formula is C16H18N4O. The van der Waals surface area contributed by atoms with Gasteiger partial charge in [-0.05, 0) is 49.4 Å². The Balaban J connectivity index is 1.64. The summed E-state index contributed by atoms with van der Waals surface area (Å²) in [5.74, 6) is 2.14. The number of nitrogens with zero attached hydrogens (tertiary/aromatic N) is 2.